The van der Waals surface area contributed by atoms with E-state index in [1.54, 1.807) is 30.3 Å². The Kier molecular flexibility index (Phi) is 4.95. The normalized spacial score (nSPS) is 12.6. The van der Waals surface area contributed by atoms with Crippen molar-refractivity contribution >= 4 is 21.6 Å². The average molecular weight is 318 g/mol. The second kappa shape index (κ2) is 6.72. The lowest BCUT2D eigenvalue weighted by Gasteiger charge is -2.15. The Labute approximate surface area is 130 Å². The van der Waals surface area contributed by atoms with Gasteiger partial charge in [-0.1, -0.05) is 36.4 Å². The quantitative estimate of drug-likeness (QED) is 0.888. The third-order valence-electron chi connectivity index (χ3n) is 3.18. The molecule has 2 aromatic rings. The Bertz CT molecular complexity index is 758. The third kappa shape index (κ3) is 3.93. The monoisotopic (exact) mass is 318 g/mol. The van der Waals surface area contributed by atoms with Crippen molar-refractivity contribution in [2.24, 2.45) is 0 Å². The molecule has 116 valence electrons. The lowest BCUT2D eigenvalue weighted by molar-refractivity contribution is -0.117. The van der Waals surface area contributed by atoms with E-state index in [1.807, 2.05) is 19.1 Å². The number of benzene rings is 2. The highest BCUT2D eigenvalue weighted by molar-refractivity contribution is 7.89. The highest BCUT2D eigenvalue weighted by Crippen LogP contribution is 2.14. The van der Waals surface area contributed by atoms with Gasteiger partial charge in [-0.25, -0.2) is 8.42 Å². The zero-order valence-electron chi connectivity index (χ0n) is 12.4. The SMILES string of the molecule is Cc1ccccc1NC(=O)[C@@H](C)NS(=O)(=O)c1ccccc1. The molecule has 2 aromatic carbocycles. The molecule has 0 aliphatic heterocycles. The Morgan fingerprint density at radius 3 is 2.23 bits per heavy atom. The minimum atomic E-state index is -3.72. The molecule has 0 saturated carbocycles. The van der Waals surface area contributed by atoms with Gasteiger partial charge in [-0.05, 0) is 37.6 Å². The van der Waals surface area contributed by atoms with Crippen molar-refractivity contribution in [3.63, 3.8) is 0 Å². The number of hydrogen-bond acceptors (Lipinski definition) is 3. The lowest BCUT2D eigenvalue weighted by Crippen LogP contribution is -2.41. The van der Waals surface area contributed by atoms with Crippen LogP contribution in [-0.4, -0.2) is 20.4 Å². The molecule has 0 heterocycles. The van der Waals surface area contributed by atoms with Crippen molar-refractivity contribution in [3.05, 3.63) is 60.2 Å². The Morgan fingerprint density at radius 2 is 1.59 bits per heavy atom. The highest BCUT2D eigenvalue weighted by Gasteiger charge is 2.22. The summed E-state index contributed by atoms with van der Waals surface area (Å²) in [6.45, 7) is 3.38. The van der Waals surface area contributed by atoms with Gasteiger partial charge >= 0.3 is 0 Å². The molecule has 0 fully saturated rings. The Balaban J connectivity index is 2.07. The van der Waals surface area contributed by atoms with Crippen LogP contribution in [0.4, 0.5) is 5.69 Å². The molecule has 6 heteroatoms. The molecule has 0 saturated heterocycles. The molecule has 1 atom stereocenters. The van der Waals surface area contributed by atoms with Crippen molar-refractivity contribution in [3.8, 4) is 0 Å². The summed E-state index contributed by atoms with van der Waals surface area (Å²) in [6.07, 6.45) is 0. The zero-order valence-corrected chi connectivity index (χ0v) is 13.2. The molecule has 0 radical (unpaired) electrons. The van der Waals surface area contributed by atoms with E-state index in [0.717, 1.165) is 5.56 Å². The lowest BCUT2D eigenvalue weighted by atomic mass is 10.2. The van der Waals surface area contributed by atoms with E-state index in [2.05, 4.69) is 10.0 Å². The van der Waals surface area contributed by atoms with Gasteiger partial charge in [0.2, 0.25) is 15.9 Å². The molecule has 0 aliphatic carbocycles. The highest BCUT2D eigenvalue weighted by atomic mass is 32.2. The van der Waals surface area contributed by atoms with Crippen molar-refractivity contribution in [2.75, 3.05) is 5.32 Å². The summed E-state index contributed by atoms with van der Waals surface area (Å²) in [7, 11) is -3.72. The Morgan fingerprint density at radius 1 is 1.00 bits per heavy atom. The summed E-state index contributed by atoms with van der Waals surface area (Å²) in [5, 5.41) is 2.72. The molecular weight excluding hydrogens is 300 g/mol. The van der Waals surface area contributed by atoms with Crippen molar-refractivity contribution in [1.82, 2.24) is 4.72 Å². The average Bonchev–Trinajstić information content (AvgIpc) is 2.50. The first-order valence-corrected chi connectivity index (χ1v) is 8.32. The number of rotatable bonds is 5. The number of carbonyl (C=O) groups is 1. The standard InChI is InChI=1S/C16H18N2O3S/c1-12-8-6-7-11-15(12)17-16(19)13(2)18-22(20,21)14-9-4-3-5-10-14/h3-11,13,18H,1-2H3,(H,17,19)/t13-/m1/s1. The molecule has 0 bridgehead atoms. The largest absolute Gasteiger partial charge is 0.324 e. The predicted octanol–water partition coefficient (Wildman–Crippen LogP) is 2.30. The van der Waals surface area contributed by atoms with E-state index in [9.17, 15) is 13.2 Å². The van der Waals surface area contributed by atoms with E-state index in [4.69, 9.17) is 0 Å². The molecule has 0 unspecified atom stereocenters. The fraction of sp³-hybridized carbons (Fsp3) is 0.188. The van der Waals surface area contributed by atoms with E-state index < -0.39 is 22.0 Å². The van der Waals surface area contributed by atoms with Gasteiger partial charge in [-0.15, -0.1) is 0 Å². The maximum absolute atomic E-state index is 12.2. The number of aryl methyl sites for hydroxylation is 1. The van der Waals surface area contributed by atoms with Crippen LogP contribution in [0.15, 0.2) is 59.5 Å². The summed E-state index contributed by atoms with van der Waals surface area (Å²) >= 11 is 0. The number of nitrogens with one attached hydrogen (secondary N) is 2. The summed E-state index contributed by atoms with van der Waals surface area (Å²) in [4.78, 5) is 12.3. The van der Waals surface area contributed by atoms with Gasteiger partial charge in [0, 0.05) is 5.69 Å². The van der Waals surface area contributed by atoms with Crippen LogP contribution in [-0.2, 0) is 14.8 Å². The molecule has 0 spiro atoms. The van der Waals surface area contributed by atoms with Gasteiger partial charge in [-0.3, -0.25) is 4.79 Å². The second-order valence-corrected chi connectivity index (χ2v) is 6.67. The fourth-order valence-electron chi connectivity index (χ4n) is 1.91. The maximum atomic E-state index is 12.2. The zero-order chi connectivity index (χ0) is 16.2. The van der Waals surface area contributed by atoms with E-state index >= 15 is 0 Å². The number of amides is 1. The first-order valence-electron chi connectivity index (χ1n) is 6.84. The van der Waals surface area contributed by atoms with Crippen LogP contribution in [0.5, 0.6) is 0 Å². The van der Waals surface area contributed by atoms with Gasteiger partial charge in [0.15, 0.2) is 0 Å². The molecule has 22 heavy (non-hydrogen) atoms. The van der Waals surface area contributed by atoms with Gasteiger partial charge < -0.3 is 5.32 Å². The molecule has 1 amide bonds. The predicted molar refractivity (Wildman–Crippen MR) is 86.0 cm³/mol. The molecular formula is C16H18N2O3S. The molecule has 2 rings (SSSR count). The van der Waals surface area contributed by atoms with Crippen molar-refractivity contribution < 1.29 is 13.2 Å². The van der Waals surface area contributed by atoms with Crippen LogP contribution in [0.25, 0.3) is 0 Å². The van der Waals surface area contributed by atoms with Crippen molar-refractivity contribution in [2.45, 2.75) is 24.8 Å². The second-order valence-electron chi connectivity index (χ2n) is 4.96. The summed E-state index contributed by atoms with van der Waals surface area (Å²) in [6, 6.07) is 14.4. The molecule has 0 aromatic heterocycles. The van der Waals surface area contributed by atoms with E-state index in [1.165, 1.54) is 19.1 Å². The van der Waals surface area contributed by atoms with Crippen LogP contribution < -0.4 is 10.0 Å². The van der Waals surface area contributed by atoms with E-state index in [0.29, 0.717) is 5.69 Å². The number of hydrogen-bond donors (Lipinski definition) is 2. The number of anilines is 1. The molecule has 0 aliphatic rings. The van der Waals surface area contributed by atoms with Gasteiger partial charge in [-0.2, -0.15) is 4.72 Å². The number of sulfonamides is 1. The third-order valence-corrected chi connectivity index (χ3v) is 4.74. The molecule has 5 nitrogen and oxygen atoms in total. The molecule has 2 N–H and O–H groups in total. The first-order chi connectivity index (χ1) is 10.4. The Hall–Kier alpha value is -2.18. The summed E-state index contributed by atoms with van der Waals surface area (Å²) in [5.41, 5.74) is 1.58. The van der Waals surface area contributed by atoms with E-state index in [-0.39, 0.29) is 4.90 Å². The van der Waals surface area contributed by atoms with Crippen LogP contribution in [0.2, 0.25) is 0 Å². The topological polar surface area (TPSA) is 75.3 Å². The van der Waals surface area contributed by atoms with Crippen LogP contribution in [0.3, 0.4) is 0 Å². The van der Waals surface area contributed by atoms with Crippen LogP contribution in [0.1, 0.15) is 12.5 Å². The van der Waals surface area contributed by atoms with Crippen molar-refractivity contribution in [1.29, 1.82) is 0 Å². The fourth-order valence-corrected chi connectivity index (χ4v) is 3.13. The van der Waals surface area contributed by atoms with Gasteiger partial charge in [0.1, 0.15) is 0 Å². The van der Waals surface area contributed by atoms with Gasteiger partial charge in [0.05, 0.1) is 10.9 Å². The van der Waals surface area contributed by atoms with Crippen LogP contribution in [0, 0.1) is 6.92 Å². The smallest absolute Gasteiger partial charge is 0.242 e. The summed E-state index contributed by atoms with van der Waals surface area (Å²) in [5.74, 6) is -0.409. The summed E-state index contributed by atoms with van der Waals surface area (Å²) < 4.78 is 26.7. The first kappa shape index (κ1) is 16.2. The maximum Gasteiger partial charge on any atom is 0.242 e. The minimum Gasteiger partial charge on any atom is -0.324 e. The van der Waals surface area contributed by atoms with Crippen LogP contribution >= 0.6 is 0 Å². The minimum absolute atomic E-state index is 0.130. The number of carbonyl (C=O) groups excluding carboxylic acids is 1. The van der Waals surface area contributed by atoms with Gasteiger partial charge in [0.25, 0.3) is 0 Å². The number of para-hydroxylation sites is 1.